The SMILES string of the molecule is CCC(CC)n1ncn(-c2ccc(NCCNc3ccc(OC[C@@H]4CO[C@@](Cn5nccn5)(c5ccccc5)O4)cc3)cc2)c1=O. The van der Waals surface area contributed by atoms with Gasteiger partial charge in [-0.15, -0.1) is 0 Å². The average molecular weight is 625 g/mol. The van der Waals surface area contributed by atoms with Crippen LogP contribution in [0.4, 0.5) is 11.4 Å². The van der Waals surface area contributed by atoms with Crippen LogP contribution in [0.25, 0.3) is 5.69 Å². The Balaban J connectivity index is 0.948. The fourth-order valence-corrected chi connectivity index (χ4v) is 5.57. The van der Waals surface area contributed by atoms with Crippen molar-refractivity contribution in [1.29, 1.82) is 0 Å². The monoisotopic (exact) mass is 624 g/mol. The van der Waals surface area contributed by atoms with E-state index in [1.165, 1.54) is 0 Å². The molecule has 6 rings (SSSR count). The molecule has 0 bridgehead atoms. The molecule has 5 aromatic rings. The summed E-state index contributed by atoms with van der Waals surface area (Å²) in [6.07, 6.45) is 6.37. The molecule has 1 aliphatic heterocycles. The molecule has 0 radical (unpaired) electrons. The van der Waals surface area contributed by atoms with Gasteiger partial charge in [0.2, 0.25) is 5.79 Å². The highest BCUT2D eigenvalue weighted by atomic mass is 16.8. The summed E-state index contributed by atoms with van der Waals surface area (Å²) in [5.74, 6) is -0.225. The molecule has 2 atom stereocenters. The summed E-state index contributed by atoms with van der Waals surface area (Å²) < 4.78 is 21.9. The number of rotatable bonds is 15. The molecule has 0 aliphatic carbocycles. The summed E-state index contributed by atoms with van der Waals surface area (Å²) >= 11 is 0. The first-order valence-corrected chi connectivity index (χ1v) is 15.8. The Hall–Kier alpha value is -4.94. The minimum Gasteiger partial charge on any atom is -0.491 e. The van der Waals surface area contributed by atoms with Crippen LogP contribution in [-0.4, -0.2) is 61.7 Å². The van der Waals surface area contributed by atoms with Crippen molar-refractivity contribution in [2.45, 2.75) is 51.2 Å². The smallest absolute Gasteiger partial charge is 0.350 e. The normalized spacial score (nSPS) is 17.8. The number of benzene rings is 3. The van der Waals surface area contributed by atoms with Crippen molar-refractivity contribution in [3.63, 3.8) is 0 Å². The Morgan fingerprint density at radius 2 is 1.54 bits per heavy atom. The predicted octanol–water partition coefficient (Wildman–Crippen LogP) is 4.86. The molecule has 46 heavy (non-hydrogen) atoms. The summed E-state index contributed by atoms with van der Waals surface area (Å²) in [6, 6.07) is 25.6. The lowest BCUT2D eigenvalue weighted by atomic mass is 10.1. The number of hydrogen-bond donors (Lipinski definition) is 2. The van der Waals surface area contributed by atoms with Crippen LogP contribution in [-0.2, 0) is 21.8 Å². The highest BCUT2D eigenvalue weighted by molar-refractivity contribution is 5.50. The Labute approximate surface area is 267 Å². The van der Waals surface area contributed by atoms with E-state index in [1.807, 2.05) is 78.9 Å². The van der Waals surface area contributed by atoms with Crippen LogP contribution >= 0.6 is 0 Å². The van der Waals surface area contributed by atoms with Gasteiger partial charge < -0.3 is 24.8 Å². The Kier molecular flexibility index (Phi) is 9.75. The van der Waals surface area contributed by atoms with E-state index in [4.69, 9.17) is 14.2 Å². The first kappa shape index (κ1) is 31.1. The zero-order chi connectivity index (χ0) is 31.8. The van der Waals surface area contributed by atoms with Crippen LogP contribution in [0.2, 0.25) is 0 Å². The van der Waals surface area contributed by atoms with Gasteiger partial charge >= 0.3 is 5.69 Å². The Bertz CT molecular complexity index is 1700. The minimum atomic E-state index is -0.978. The first-order chi connectivity index (χ1) is 22.6. The lowest BCUT2D eigenvalue weighted by Gasteiger charge is -2.28. The fourth-order valence-electron chi connectivity index (χ4n) is 5.57. The number of nitrogens with one attached hydrogen (secondary N) is 2. The molecule has 1 fully saturated rings. The molecular weight excluding hydrogens is 584 g/mol. The standard InChI is InChI=1S/C34H40N8O4/c1-3-29(4-2)42-33(43)40(25-39-42)30-14-10-27(11-15-30)35-18-19-36-28-12-16-31(17-13-28)44-22-32-23-45-34(46-32,24-41-37-20-21-38-41)26-8-6-5-7-9-26/h5-17,20-21,25,29,32,35-36H,3-4,18-19,22-24H2,1-2H3/t32-,34-/m1/s1. The molecule has 12 heteroatoms. The van der Waals surface area contributed by atoms with Crippen molar-refractivity contribution in [2.75, 3.05) is 36.9 Å². The third kappa shape index (κ3) is 7.13. The van der Waals surface area contributed by atoms with Gasteiger partial charge in [-0.3, -0.25) is 0 Å². The second-order valence-electron chi connectivity index (χ2n) is 11.2. The summed E-state index contributed by atoms with van der Waals surface area (Å²) in [7, 11) is 0. The van der Waals surface area contributed by atoms with Crippen molar-refractivity contribution in [3.05, 3.63) is 114 Å². The van der Waals surface area contributed by atoms with Crippen molar-refractivity contribution < 1.29 is 14.2 Å². The molecule has 0 spiro atoms. The van der Waals surface area contributed by atoms with E-state index < -0.39 is 5.79 Å². The van der Waals surface area contributed by atoms with E-state index >= 15 is 0 Å². The molecule has 1 aliphatic rings. The molecule has 0 saturated carbocycles. The molecule has 2 N–H and O–H groups in total. The van der Waals surface area contributed by atoms with Gasteiger partial charge in [0.05, 0.1) is 30.7 Å². The topological polar surface area (TPSA) is 122 Å². The van der Waals surface area contributed by atoms with E-state index in [0.717, 1.165) is 54.3 Å². The van der Waals surface area contributed by atoms with E-state index in [1.54, 1.807) is 32.8 Å². The second-order valence-corrected chi connectivity index (χ2v) is 11.2. The molecule has 3 aromatic carbocycles. The van der Waals surface area contributed by atoms with Gasteiger partial charge in [0.15, 0.2) is 0 Å². The number of aromatic nitrogens is 6. The van der Waals surface area contributed by atoms with Crippen molar-refractivity contribution in [1.82, 2.24) is 29.3 Å². The predicted molar refractivity (Wildman–Crippen MR) is 175 cm³/mol. The Morgan fingerprint density at radius 3 is 2.20 bits per heavy atom. The number of ether oxygens (including phenoxy) is 3. The molecular formula is C34H40N8O4. The molecule has 1 saturated heterocycles. The van der Waals surface area contributed by atoms with Crippen LogP contribution in [0.1, 0.15) is 38.3 Å². The minimum absolute atomic E-state index is 0.111. The maximum Gasteiger partial charge on any atom is 0.350 e. The summed E-state index contributed by atoms with van der Waals surface area (Å²) in [6.45, 7) is 6.68. The zero-order valence-corrected chi connectivity index (χ0v) is 26.2. The fraction of sp³-hybridized carbons (Fsp3) is 0.353. The molecule has 3 heterocycles. The summed E-state index contributed by atoms with van der Waals surface area (Å²) in [5.41, 5.74) is 3.57. The summed E-state index contributed by atoms with van der Waals surface area (Å²) in [4.78, 5) is 14.4. The third-order valence-electron chi connectivity index (χ3n) is 8.09. The number of anilines is 2. The zero-order valence-electron chi connectivity index (χ0n) is 26.2. The highest BCUT2D eigenvalue weighted by Gasteiger charge is 2.44. The molecule has 0 amide bonds. The van der Waals surface area contributed by atoms with Gasteiger partial charge in [-0.2, -0.15) is 20.1 Å². The van der Waals surface area contributed by atoms with Crippen LogP contribution in [0.15, 0.2) is 102 Å². The number of nitrogens with zero attached hydrogens (tertiary/aromatic N) is 6. The van der Waals surface area contributed by atoms with Gasteiger partial charge in [0, 0.05) is 30.0 Å². The first-order valence-electron chi connectivity index (χ1n) is 15.8. The Morgan fingerprint density at radius 1 is 0.891 bits per heavy atom. The molecule has 240 valence electrons. The number of hydrogen-bond acceptors (Lipinski definition) is 9. The van der Waals surface area contributed by atoms with E-state index in [2.05, 4.69) is 39.8 Å². The van der Waals surface area contributed by atoms with Crippen molar-refractivity contribution in [3.8, 4) is 11.4 Å². The maximum atomic E-state index is 12.8. The lowest BCUT2D eigenvalue weighted by molar-refractivity contribution is -0.192. The van der Waals surface area contributed by atoms with Crippen molar-refractivity contribution in [2.24, 2.45) is 0 Å². The quantitative estimate of drug-likeness (QED) is 0.157. The van der Waals surface area contributed by atoms with Gasteiger partial charge in [-0.1, -0.05) is 44.2 Å². The van der Waals surface area contributed by atoms with Gasteiger partial charge in [0.1, 0.15) is 31.3 Å². The van der Waals surface area contributed by atoms with E-state index in [9.17, 15) is 4.79 Å². The molecule has 12 nitrogen and oxygen atoms in total. The molecule has 2 aromatic heterocycles. The van der Waals surface area contributed by atoms with Crippen LogP contribution < -0.4 is 21.1 Å². The van der Waals surface area contributed by atoms with Gasteiger partial charge in [0.25, 0.3) is 0 Å². The maximum absolute atomic E-state index is 12.8. The largest absolute Gasteiger partial charge is 0.491 e. The van der Waals surface area contributed by atoms with Gasteiger partial charge in [-0.25, -0.2) is 14.0 Å². The van der Waals surface area contributed by atoms with Crippen LogP contribution in [0.5, 0.6) is 5.75 Å². The highest BCUT2D eigenvalue weighted by Crippen LogP contribution is 2.36. The van der Waals surface area contributed by atoms with Crippen molar-refractivity contribution >= 4 is 11.4 Å². The average Bonchev–Trinajstić information content (AvgIpc) is 3.86. The third-order valence-corrected chi connectivity index (χ3v) is 8.09. The van der Waals surface area contributed by atoms with E-state index in [0.29, 0.717) is 19.8 Å². The second kappa shape index (κ2) is 14.4. The van der Waals surface area contributed by atoms with Gasteiger partial charge in [-0.05, 0) is 61.4 Å². The molecule has 0 unspecified atom stereocenters. The van der Waals surface area contributed by atoms with E-state index in [-0.39, 0.29) is 17.8 Å². The summed E-state index contributed by atoms with van der Waals surface area (Å²) in [5, 5.41) is 19.6. The van der Waals surface area contributed by atoms with Crippen LogP contribution in [0, 0.1) is 0 Å². The lowest BCUT2D eigenvalue weighted by Crippen LogP contribution is -2.35. The van der Waals surface area contributed by atoms with Crippen LogP contribution in [0.3, 0.4) is 0 Å².